The molecule has 20 heavy (non-hydrogen) atoms. The summed E-state index contributed by atoms with van der Waals surface area (Å²) in [7, 11) is 0. The Morgan fingerprint density at radius 1 is 1.10 bits per heavy atom. The molecular formula is C16H19N3O. The van der Waals surface area contributed by atoms with Gasteiger partial charge in [0.1, 0.15) is 0 Å². The molecule has 1 aliphatic rings. The number of rotatable bonds is 2. The highest BCUT2D eigenvalue weighted by Crippen LogP contribution is 2.08. The van der Waals surface area contributed by atoms with Crippen molar-refractivity contribution >= 4 is 12.8 Å². The first-order chi connectivity index (χ1) is 9.75. The maximum Gasteiger partial charge on any atom is 0.280 e. The van der Waals surface area contributed by atoms with Crippen LogP contribution in [-0.2, 0) is 0 Å². The molecule has 3 rings (SSSR count). The minimum absolute atomic E-state index is 0.0354. The third-order valence-electron chi connectivity index (χ3n) is 3.72. The van der Waals surface area contributed by atoms with E-state index < -0.39 is 0 Å². The zero-order valence-corrected chi connectivity index (χ0v) is 11.5. The van der Waals surface area contributed by atoms with Crippen LogP contribution < -0.4 is 16.1 Å². The highest BCUT2D eigenvalue weighted by molar-refractivity contribution is 5.32. The number of nitrogens with zero attached hydrogens (tertiary/aromatic N) is 2. The number of likely N-dealkylation sites (tertiary alicyclic amines) is 1. The van der Waals surface area contributed by atoms with E-state index in [4.69, 9.17) is 0 Å². The summed E-state index contributed by atoms with van der Waals surface area (Å²) in [6.07, 6.45) is 5.63. The van der Waals surface area contributed by atoms with Crippen molar-refractivity contribution in [3.8, 4) is 5.69 Å². The first-order valence-corrected chi connectivity index (χ1v) is 7.07. The second-order valence-electron chi connectivity index (χ2n) is 5.21. The van der Waals surface area contributed by atoms with Gasteiger partial charge in [-0.25, -0.2) is 4.68 Å². The quantitative estimate of drug-likeness (QED) is 0.876. The minimum atomic E-state index is -0.0354. The van der Waals surface area contributed by atoms with E-state index in [9.17, 15) is 4.79 Å². The highest BCUT2D eigenvalue weighted by Gasteiger charge is 2.08. The van der Waals surface area contributed by atoms with Gasteiger partial charge in [0.2, 0.25) is 0 Å². The molecule has 0 amide bonds. The molecule has 1 N–H and O–H groups in total. The normalized spacial score (nSPS) is 16.6. The van der Waals surface area contributed by atoms with E-state index in [1.807, 2.05) is 36.5 Å². The Morgan fingerprint density at radius 2 is 1.80 bits per heavy atom. The van der Waals surface area contributed by atoms with Crippen molar-refractivity contribution in [2.24, 2.45) is 0 Å². The van der Waals surface area contributed by atoms with Gasteiger partial charge in [-0.15, -0.1) is 0 Å². The largest absolute Gasteiger partial charge is 0.377 e. The molecule has 0 aliphatic carbocycles. The van der Waals surface area contributed by atoms with Gasteiger partial charge < -0.3 is 4.90 Å². The number of benzene rings is 1. The minimum Gasteiger partial charge on any atom is -0.377 e. The lowest BCUT2D eigenvalue weighted by Crippen LogP contribution is -2.38. The molecule has 0 bridgehead atoms. The fraction of sp³-hybridized carbons (Fsp3) is 0.312. The van der Waals surface area contributed by atoms with Crippen molar-refractivity contribution < 1.29 is 0 Å². The monoisotopic (exact) mass is 269 g/mol. The number of hydrogen-bond donors (Lipinski definition) is 1. The smallest absolute Gasteiger partial charge is 0.280 e. The number of nitrogens with one attached hydrogen (secondary N) is 1. The molecule has 0 unspecified atom stereocenters. The molecule has 0 radical (unpaired) electrons. The molecule has 1 saturated heterocycles. The fourth-order valence-corrected chi connectivity index (χ4v) is 2.62. The van der Waals surface area contributed by atoms with Crippen LogP contribution in [0.3, 0.4) is 0 Å². The standard InChI is InChI=1S/C16H19N3O/c1-13-15(12-18-10-6-3-7-11-18)16(20)19(17-13)14-8-4-2-5-9-14/h2,4-5,8-9,12,17H,1,3,6-7,10-11H2. The zero-order valence-electron chi connectivity index (χ0n) is 11.5. The van der Waals surface area contributed by atoms with Crippen LogP contribution in [0.15, 0.2) is 35.1 Å². The number of hydrogen-bond acceptors (Lipinski definition) is 2. The summed E-state index contributed by atoms with van der Waals surface area (Å²) in [5.41, 5.74) is 0.799. The molecule has 1 fully saturated rings. The van der Waals surface area contributed by atoms with Crippen LogP contribution in [0.4, 0.5) is 0 Å². The average molecular weight is 269 g/mol. The van der Waals surface area contributed by atoms with E-state index in [0.29, 0.717) is 10.6 Å². The van der Waals surface area contributed by atoms with Gasteiger partial charge in [-0.2, -0.15) is 0 Å². The van der Waals surface area contributed by atoms with Crippen LogP contribution in [-0.4, -0.2) is 27.8 Å². The van der Waals surface area contributed by atoms with Gasteiger partial charge in [0.15, 0.2) is 0 Å². The molecule has 0 saturated carbocycles. The first kappa shape index (κ1) is 12.8. The molecule has 2 aromatic rings. The second kappa shape index (κ2) is 5.41. The van der Waals surface area contributed by atoms with Crippen molar-refractivity contribution in [3.63, 3.8) is 0 Å². The highest BCUT2D eigenvalue weighted by atomic mass is 16.1. The Balaban J connectivity index is 2.05. The summed E-state index contributed by atoms with van der Waals surface area (Å²) in [6.45, 7) is 6.01. The molecule has 1 aromatic heterocycles. The summed E-state index contributed by atoms with van der Waals surface area (Å²) < 4.78 is 1.55. The van der Waals surface area contributed by atoms with Crippen molar-refractivity contribution in [1.29, 1.82) is 0 Å². The van der Waals surface area contributed by atoms with E-state index >= 15 is 0 Å². The third-order valence-corrected chi connectivity index (χ3v) is 3.72. The van der Waals surface area contributed by atoms with Gasteiger partial charge in [-0.1, -0.05) is 24.8 Å². The number of para-hydroxylation sites is 1. The van der Waals surface area contributed by atoms with Crippen LogP contribution in [0.2, 0.25) is 0 Å². The summed E-state index contributed by atoms with van der Waals surface area (Å²) in [4.78, 5) is 14.7. The number of piperidine rings is 1. The summed E-state index contributed by atoms with van der Waals surface area (Å²) >= 11 is 0. The van der Waals surface area contributed by atoms with Crippen LogP contribution in [0.1, 0.15) is 19.3 Å². The zero-order chi connectivity index (χ0) is 13.9. The molecular weight excluding hydrogens is 250 g/mol. The third kappa shape index (κ3) is 2.41. The fourth-order valence-electron chi connectivity index (χ4n) is 2.62. The SMILES string of the molecule is C=c1[nH]n(-c2ccccc2)c(=O)c1=CN1CCCCC1. The maximum absolute atomic E-state index is 12.5. The van der Waals surface area contributed by atoms with Gasteiger partial charge in [0.05, 0.1) is 16.3 Å². The second-order valence-corrected chi connectivity index (χ2v) is 5.21. The molecule has 4 heteroatoms. The lowest BCUT2D eigenvalue weighted by molar-refractivity contribution is 0.336. The predicted molar refractivity (Wildman–Crippen MR) is 81.1 cm³/mol. The number of aromatic nitrogens is 2. The Morgan fingerprint density at radius 3 is 2.50 bits per heavy atom. The van der Waals surface area contributed by atoms with E-state index in [2.05, 4.69) is 16.6 Å². The van der Waals surface area contributed by atoms with Gasteiger partial charge in [-0.05, 0) is 31.4 Å². The van der Waals surface area contributed by atoms with Crippen LogP contribution in [0, 0.1) is 0 Å². The van der Waals surface area contributed by atoms with Gasteiger partial charge in [0.25, 0.3) is 5.56 Å². The maximum atomic E-state index is 12.5. The molecule has 2 heterocycles. The summed E-state index contributed by atoms with van der Waals surface area (Å²) in [5.74, 6) is 0. The van der Waals surface area contributed by atoms with Crippen LogP contribution >= 0.6 is 0 Å². The van der Waals surface area contributed by atoms with E-state index in [0.717, 1.165) is 18.8 Å². The van der Waals surface area contributed by atoms with Gasteiger partial charge in [-0.3, -0.25) is 9.89 Å². The van der Waals surface area contributed by atoms with Crippen molar-refractivity contribution in [3.05, 3.63) is 51.3 Å². The molecule has 4 nitrogen and oxygen atoms in total. The molecule has 1 aliphatic heterocycles. The first-order valence-electron chi connectivity index (χ1n) is 7.07. The van der Waals surface area contributed by atoms with E-state index in [1.165, 1.54) is 19.3 Å². The van der Waals surface area contributed by atoms with Crippen molar-refractivity contribution in [2.75, 3.05) is 13.1 Å². The summed E-state index contributed by atoms with van der Waals surface area (Å²) in [5, 5.41) is 4.39. The van der Waals surface area contributed by atoms with Crippen molar-refractivity contribution in [1.82, 2.24) is 14.7 Å². The molecule has 104 valence electrons. The van der Waals surface area contributed by atoms with Crippen LogP contribution in [0.5, 0.6) is 0 Å². The topological polar surface area (TPSA) is 41.0 Å². The Labute approximate surface area is 117 Å². The van der Waals surface area contributed by atoms with Gasteiger partial charge >= 0.3 is 0 Å². The van der Waals surface area contributed by atoms with E-state index in [-0.39, 0.29) is 5.56 Å². The summed E-state index contributed by atoms with van der Waals surface area (Å²) in [6, 6.07) is 9.58. The van der Waals surface area contributed by atoms with Crippen LogP contribution in [0.25, 0.3) is 18.5 Å². The number of aromatic amines is 1. The Bertz CT molecular complexity index is 736. The molecule has 0 atom stereocenters. The average Bonchev–Trinajstić information content (AvgIpc) is 2.77. The van der Waals surface area contributed by atoms with Gasteiger partial charge in [0, 0.05) is 19.3 Å². The molecule has 1 aromatic carbocycles. The number of H-pyrrole nitrogens is 1. The molecule has 0 spiro atoms. The Kier molecular flexibility index (Phi) is 3.46. The Hall–Kier alpha value is -2.23. The van der Waals surface area contributed by atoms with Crippen molar-refractivity contribution in [2.45, 2.75) is 19.3 Å². The lowest BCUT2D eigenvalue weighted by Gasteiger charge is -2.24. The van der Waals surface area contributed by atoms with E-state index in [1.54, 1.807) is 4.68 Å². The lowest BCUT2D eigenvalue weighted by atomic mass is 10.1. The predicted octanol–water partition coefficient (Wildman–Crippen LogP) is 0.800.